The Hall–Kier alpha value is -2.37. The summed E-state index contributed by atoms with van der Waals surface area (Å²) in [7, 11) is 0. The molecular formula is C20H13ClN2O2S. The van der Waals surface area contributed by atoms with Gasteiger partial charge >= 0.3 is 0 Å². The fraction of sp³-hybridized carbons (Fsp3) is 0.150. The number of allylic oxidation sites excluding steroid dienone is 1. The van der Waals surface area contributed by atoms with E-state index in [0.29, 0.717) is 21.5 Å². The minimum absolute atomic E-state index is 0.0120. The molecule has 1 saturated heterocycles. The Morgan fingerprint density at radius 1 is 1.04 bits per heavy atom. The Balaban J connectivity index is 1.81. The van der Waals surface area contributed by atoms with E-state index in [4.69, 9.17) is 11.6 Å². The number of aliphatic imine (C=N–C) groups is 1. The van der Waals surface area contributed by atoms with E-state index >= 15 is 0 Å². The average molecular weight is 381 g/mol. The van der Waals surface area contributed by atoms with Crippen LogP contribution in [-0.2, 0) is 4.79 Å². The van der Waals surface area contributed by atoms with Crippen LogP contribution in [0.3, 0.4) is 0 Å². The number of halogens is 1. The molecule has 0 bridgehead atoms. The molecule has 0 saturated carbocycles. The number of amides is 1. The summed E-state index contributed by atoms with van der Waals surface area (Å²) in [6.07, 6.45) is 0. The first-order valence-electron chi connectivity index (χ1n) is 8.29. The zero-order valence-electron chi connectivity index (χ0n) is 13.8. The zero-order valence-corrected chi connectivity index (χ0v) is 15.3. The molecule has 0 spiro atoms. The van der Waals surface area contributed by atoms with Crippen LogP contribution >= 0.6 is 23.4 Å². The lowest BCUT2D eigenvalue weighted by Gasteiger charge is -2.33. The minimum Gasteiger partial charge on any atom is -0.287 e. The fourth-order valence-corrected chi connectivity index (χ4v) is 4.99. The molecule has 2 aliphatic heterocycles. The Labute approximate surface area is 159 Å². The first kappa shape index (κ1) is 15.9. The predicted molar refractivity (Wildman–Crippen MR) is 103 cm³/mol. The standard InChI is InChI=1S/C20H13ClN2O2S/c1-10-19(25)23-17(13-8-4-5-9-14(13)21)15-11-6-2-3-7-12(11)18(24)16(15)22-20(23)26-10/h2-10,17H,1H3. The number of benzene rings is 2. The van der Waals surface area contributed by atoms with Crippen LogP contribution in [0.1, 0.15) is 34.5 Å². The molecule has 0 aromatic heterocycles. The van der Waals surface area contributed by atoms with Crippen LogP contribution in [0.5, 0.6) is 0 Å². The SMILES string of the molecule is CC1SC2=NC3=C(c4ccccc4C3=O)C(c3ccccc3Cl)N2C1=O. The predicted octanol–water partition coefficient (Wildman–Crippen LogP) is 4.32. The molecule has 6 heteroatoms. The Morgan fingerprint density at radius 2 is 1.73 bits per heavy atom. The number of Topliss-reactive ketones (excluding diaryl/α,β-unsaturated/α-hetero) is 1. The maximum Gasteiger partial charge on any atom is 0.242 e. The molecule has 2 atom stereocenters. The third-order valence-electron chi connectivity index (χ3n) is 4.94. The quantitative estimate of drug-likeness (QED) is 0.740. The first-order valence-corrected chi connectivity index (χ1v) is 9.55. The number of hydrogen-bond donors (Lipinski definition) is 0. The van der Waals surface area contributed by atoms with Crippen molar-refractivity contribution >= 4 is 45.8 Å². The lowest BCUT2D eigenvalue weighted by atomic mass is 9.91. The molecule has 3 aliphatic rings. The van der Waals surface area contributed by atoms with E-state index < -0.39 is 6.04 Å². The molecule has 2 aromatic rings. The van der Waals surface area contributed by atoms with Gasteiger partial charge in [-0.15, -0.1) is 0 Å². The first-order chi connectivity index (χ1) is 12.6. The molecule has 2 aromatic carbocycles. The summed E-state index contributed by atoms with van der Waals surface area (Å²) in [6, 6.07) is 14.5. The summed E-state index contributed by atoms with van der Waals surface area (Å²) in [5.74, 6) is -0.102. The Kier molecular flexibility index (Phi) is 3.39. The molecule has 128 valence electrons. The number of carbonyl (C=O) groups excluding carboxylic acids is 2. The van der Waals surface area contributed by atoms with Crippen LogP contribution < -0.4 is 0 Å². The molecule has 4 nitrogen and oxygen atoms in total. The van der Waals surface area contributed by atoms with Crippen molar-refractivity contribution in [2.75, 3.05) is 0 Å². The summed E-state index contributed by atoms with van der Waals surface area (Å²) in [6.45, 7) is 1.86. The number of ketones is 1. The average Bonchev–Trinajstić information content (AvgIpc) is 3.09. The normalized spacial score (nSPS) is 23.8. The molecule has 0 N–H and O–H groups in total. The molecular weight excluding hydrogens is 368 g/mol. The number of thioether (sulfide) groups is 1. The second-order valence-electron chi connectivity index (χ2n) is 6.42. The van der Waals surface area contributed by atoms with E-state index in [2.05, 4.69) is 4.99 Å². The molecule has 1 amide bonds. The third-order valence-corrected chi connectivity index (χ3v) is 6.34. The number of rotatable bonds is 1. The van der Waals surface area contributed by atoms with Crippen molar-refractivity contribution in [3.8, 4) is 0 Å². The van der Waals surface area contributed by atoms with Crippen molar-refractivity contribution in [2.45, 2.75) is 18.2 Å². The smallest absolute Gasteiger partial charge is 0.242 e. The van der Waals surface area contributed by atoms with Crippen LogP contribution in [-0.4, -0.2) is 27.0 Å². The van der Waals surface area contributed by atoms with Gasteiger partial charge in [0.15, 0.2) is 5.17 Å². The molecule has 5 rings (SSSR count). The molecule has 1 aliphatic carbocycles. The summed E-state index contributed by atoms with van der Waals surface area (Å²) < 4.78 is 0. The van der Waals surface area contributed by atoms with Crippen molar-refractivity contribution in [3.05, 3.63) is 75.9 Å². The van der Waals surface area contributed by atoms with Gasteiger partial charge in [0, 0.05) is 16.2 Å². The van der Waals surface area contributed by atoms with Gasteiger partial charge in [0.25, 0.3) is 0 Å². The van der Waals surface area contributed by atoms with Crippen LogP contribution in [0.4, 0.5) is 0 Å². The highest BCUT2D eigenvalue weighted by molar-refractivity contribution is 8.15. The van der Waals surface area contributed by atoms with Crippen molar-refractivity contribution < 1.29 is 9.59 Å². The monoisotopic (exact) mass is 380 g/mol. The highest BCUT2D eigenvalue weighted by Gasteiger charge is 2.49. The van der Waals surface area contributed by atoms with Crippen LogP contribution in [0, 0.1) is 0 Å². The highest BCUT2D eigenvalue weighted by atomic mass is 35.5. The van der Waals surface area contributed by atoms with E-state index in [9.17, 15) is 9.59 Å². The lowest BCUT2D eigenvalue weighted by Crippen LogP contribution is -2.38. The Bertz CT molecular complexity index is 1060. The molecule has 2 unspecified atom stereocenters. The van der Waals surface area contributed by atoms with E-state index in [1.807, 2.05) is 55.5 Å². The number of amidine groups is 1. The number of fused-ring (bicyclic) bond motifs is 3. The summed E-state index contributed by atoms with van der Waals surface area (Å²) in [5.41, 5.74) is 3.46. The zero-order chi connectivity index (χ0) is 18.0. The lowest BCUT2D eigenvalue weighted by molar-refractivity contribution is -0.126. The Morgan fingerprint density at radius 3 is 2.50 bits per heavy atom. The second-order valence-corrected chi connectivity index (χ2v) is 8.14. The number of carbonyl (C=O) groups is 2. The summed E-state index contributed by atoms with van der Waals surface area (Å²) in [4.78, 5) is 32.1. The van der Waals surface area contributed by atoms with Gasteiger partial charge in [0.05, 0.1) is 11.3 Å². The maximum absolute atomic E-state index is 12.9. The molecule has 26 heavy (non-hydrogen) atoms. The fourth-order valence-electron chi connectivity index (χ4n) is 3.77. The maximum atomic E-state index is 12.9. The third kappa shape index (κ3) is 2.01. The minimum atomic E-state index is -0.441. The number of nitrogens with zero attached hydrogens (tertiary/aromatic N) is 2. The van der Waals surface area contributed by atoms with Crippen LogP contribution in [0.25, 0.3) is 5.57 Å². The van der Waals surface area contributed by atoms with Gasteiger partial charge in [-0.2, -0.15) is 0 Å². The van der Waals surface area contributed by atoms with Gasteiger partial charge in [0.2, 0.25) is 11.7 Å². The van der Waals surface area contributed by atoms with Gasteiger partial charge in [0.1, 0.15) is 5.70 Å². The summed E-state index contributed by atoms with van der Waals surface area (Å²) >= 11 is 7.88. The number of hydrogen-bond acceptors (Lipinski definition) is 4. The van der Waals surface area contributed by atoms with Gasteiger partial charge in [-0.25, -0.2) is 4.99 Å². The topological polar surface area (TPSA) is 49.7 Å². The van der Waals surface area contributed by atoms with Gasteiger partial charge < -0.3 is 0 Å². The van der Waals surface area contributed by atoms with E-state index in [0.717, 1.165) is 16.7 Å². The second kappa shape index (κ2) is 5.56. The highest BCUT2D eigenvalue weighted by Crippen LogP contribution is 2.51. The largest absolute Gasteiger partial charge is 0.287 e. The van der Waals surface area contributed by atoms with Gasteiger partial charge in [-0.1, -0.05) is 65.8 Å². The van der Waals surface area contributed by atoms with Crippen LogP contribution in [0.15, 0.2) is 59.2 Å². The van der Waals surface area contributed by atoms with Gasteiger partial charge in [-0.05, 0) is 24.1 Å². The van der Waals surface area contributed by atoms with E-state index in [1.165, 1.54) is 11.8 Å². The van der Waals surface area contributed by atoms with Crippen molar-refractivity contribution in [1.29, 1.82) is 0 Å². The van der Waals surface area contributed by atoms with E-state index in [1.54, 1.807) is 4.90 Å². The molecule has 2 heterocycles. The molecule has 0 radical (unpaired) electrons. The summed E-state index contributed by atoms with van der Waals surface area (Å²) in [5, 5.41) is 0.913. The van der Waals surface area contributed by atoms with Crippen LogP contribution in [0.2, 0.25) is 5.02 Å². The molecule has 1 fully saturated rings. The van der Waals surface area contributed by atoms with Crippen molar-refractivity contribution in [3.63, 3.8) is 0 Å². The van der Waals surface area contributed by atoms with E-state index in [-0.39, 0.29) is 16.9 Å². The van der Waals surface area contributed by atoms with Crippen molar-refractivity contribution in [2.24, 2.45) is 4.99 Å². The van der Waals surface area contributed by atoms with Gasteiger partial charge in [-0.3, -0.25) is 14.5 Å². The van der Waals surface area contributed by atoms with Crippen molar-refractivity contribution in [1.82, 2.24) is 4.90 Å².